The van der Waals surface area contributed by atoms with Crippen LogP contribution in [0, 0.1) is 0 Å². The molecule has 0 N–H and O–H groups in total. The summed E-state index contributed by atoms with van der Waals surface area (Å²) in [6.45, 7) is 8.29. The Bertz CT molecular complexity index is 259. The van der Waals surface area contributed by atoms with Gasteiger partial charge in [-0.25, -0.2) is 0 Å². The van der Waals surface area contributed by atoms with Crippen LogP contribution in [0.1, 0.15) is 13.8 Å². The Morgan fingerprint density at radius 2 is 1.82 bits per heavy atom. The Balaban J connectivity index is 1.80. The predicted molar refractivity (Wildman–Crippen MR) is 70.4 cm³/mol. The molecule has 4 nitrogen and oxygen atoms in total. The molecule has 2 rings (SSSR count). The van der Waals surface area contributed by atoms with Crippen LogP contribution in [0.4, 0.5) is 0 Å². The molecule has 0 aromatic heterocycles. The third kappa shape index (κ3) is 3.86. The highest BCUT2D eigenvalue weighted by Gasteiger charge is 2.25. The molecule has 2 unspecified atom stereocenters. The molecular formula is C12H22N2O2S. The Kier molecular flexibility index (Phi) is 4.70. The molecule has 2 fully saturated rings. The summed E-state index contributed by atoms with van der Waals surface area (Å²) in [5.74, 6) is 2.45. The van der Waals surface area contributed by atoms with Crippen LogP contribution in [-0.2, 0) is 9.53 Å². The molecule has 2 heterocycles. The van der Waals surface area contributed by atoms with Crippen molar-refractivity contribution >= 4 is 17.7 Å². The molecule has 2 aliphatic rings. The number of nitrogens with zero attached hydrogens (tertiary/aromatic N) is 2. The van der Waals surface area contributed by atoms with E-state index in [0.29, 0.717) is 6.54 Å². The quantitative estimate of drug-likeness (QED) is 0.729. The molecule has 2 atom stereocenters. The van der Waals surface area contributed by atoms with Gasteiger partial charge in [0.25, 0.3) is 0 Å². The van der Waals surface area contributed by atoms with Crippen molar-refractivity contribution in [3.05, 3.63) is 0 Å². The lowest BCUT2D eigenvalue weighted by Crippen LogP contribution is -2.50. The first kappa shape index (κ1) is 13.2. The maximum atomic E-state index is 12.1. The number of ether oxygens (including phenoxy) is 1. The van der Waals surface area contributed by atoms with E-state index in [-0.39, 0.29) is 18.1 Å². The molecule has 0 spiro atoms. The maximum Gasteiger partial charge on any atom is 0.236 e. The van der Waals surface area contributed by atoms with Gasteiger partial charge in [0.1, 0.15) is 0 Å². The number of thioether (sulfide) groups is 1. The van der Waals surface area contributed by atoms with Gasteiger partial charge >= 0.3 is 0 Å². The fourth-order valence-corrected chi connectivity index (χ4v) is 3.42. The molecule has 0 aliphatic carbocycles. The summed E-state index contributed by atoms with van der Waals surface area (Å²) in [6, 6.07) is 0. The average Bonchev–Trinajstić information content (AvgIpc) is 2.28. The van der Waals surface area contributed by atoms with Crippen LogP contribution in [0.2, 0.25) is 0 Å². The molecule has 17 heavy (non-hydrogen) atoms. The summed E-state index contributed by atoms with van der Waals surface area (Å²) in [5, 5.41) is 0. The van der Waals surface area contributed by atoms with Gasteiger partial charge in [-0.05, 0) is 13.8 Å². The molecular weight excluding hydrogens is 236 g/mol. The third-order valence-electron chi connectivity index (χ3n) is 3.22. The number of hydrogen-bond acceptors (Lipinski definition) is 4. The summed E-state index contributed by atoms with van der Waals surface area (Å²) in [6.07, 6.45) is 0.479. The number of morpholine rings is 1. The highest BCUT2D eigenvalue weighted by molar-refractivity contribution is 7.99. The van der Waals surface area contributed by atoms with Gasteiger partial charge < -0.3 is 9.64 Å². The minimum absolute atomic E-state index is 0.239. The van der Waals surface area contributed by atoms with Crippen LogP contribution in [0.5, 0.6) is 0 Å². The van der Waals surface area contributed by atoms with E-state index >= 15 is 0 Å². The molecule has 1 amide bonds. The predicted octanol–water partition coefficient (Wildman–Crippen LogP) is 0.671. The zero-order chi connectivity index (χ0) is 12.3. The largest absolute Gasteiger partial charge is 0.373 e. The van der Waals surface area contributed by atoms with Crippen molar-refractivity contribution in [1.82, 2.24) is 9.80 Å². The smallest absolute Gasteiger partial charge is 0.236 e. The Labute approximate surface area is 108 Å². The first-order chi connectivity index (χ1) is 8.15. The molecule has 0 aromatic rings. The van der Waals surface area contributed by atoms with E-state index in [0.717, 1.165) is 37.7 Å². The van der Waals surface area contributed by atoms with Gasteiger partial charge in [-0.1, -0.05) is 0 Å². The van der Waals surface area contributed by atoms with E-state index < -0.39 is 0 Å². The van der Waals surface area contributed by atoms with Crippen molar-refractivity contribution < 1.29 is 9.53 Å². The van der Waals surface area contributed by atoms with Crippen LogP contribution in [0.15, 0.2) is 0 Å². The number of amides is 1. The Morgan fingerprint density at radius 1 is 1.24 bits per heavy atom. The van der Waals surface area contributed by atoms with Crippen molar-refractivity contribution in [1.29, 1.82) is 0 Å². The lowest BCUT2D eigenvalue weighted by molar-refractivity contribution is -0.135. The maximum absolute atomic E-state index is 12.1. The Morgan fingerprint density at radius 3 is 2.41 bits per heavy atom. The van der Waals surface area contributed by atoms with E-state index in [1.807, 2.05) is 16.7 Å². The van der Waals surface area contributed by atoms with E-state index in [2.05, 4.69) is 18.7 Å². The summed E-state index contributed by atoms with van der Waals surface area (Å²) in [4.78, 5) is 16.3. The van der Waals surface area contributed by atoms with Gasteiger partial charge in [0.15, 0.2) is 0 Å². The van der Waals surface area contributed by atoms with Gasteiger partial charge in [-0.15, -0.1) is 0 Å². The van der Waals surface area contributed by atoms with Gasteiger partial charge in [-0.2, -0.15) is 11.8 Å². The lowest BCUT2D eigenvalue weighted by atomic mass is 10.2. The molecule has 0 radical (unpaired) electrons. The minimum atomic E-state index is 0.239. The van der Waals surface area contributed by atoms with Crippen molar-refractivity contribution in [2.45, 2.75) is 26.1 Å². The molecule has 0 bridgehead atoms. The second-order valence-electron chi connectivity index (χ2n) is 4.94. The summed E-state index contributed by atoms with van der Waals surface area (Å²) >= 11 is 1.94. The fraction of sp³-hybridized carbons (Fsp3) is 0.917. The lowest BCUT2D eigenvalue weighted by Gasteiger charge is -2.36. The topological polar surface area (TPSA) is 32.8 Å². The van der Waals surface area contributed by atoms with Gasteiger partial charge in [0.2, 0.25) is 5.91 Å². The van der Waals surface area contributed by atoms with Crippen LogP contribution >= 0.6 is 11.8 Å². The van der Waals surface area contributed by atoms with Crippen LogP contribution < -0.4 is 0 Å². The second-order valence-corrected chi connectivity index (χ2v) is 6.17. The standard InChI is InChI=1S/C12H22N2O2S/c1-10-7-13(8-11(2)16-10)9-12(15)14-3-5-17-6-4-14/h10-11H,3-9H2,1-2H3. The Hall–Kier alpha value is -0.260. The zero-order valence-electron chi connectivity index (χ0n) is 10.7. The highest BCUT2D eigenvalue weighted by atomic mass is 32.2. The SMILES string of the molecule is CC1CN(CC(=O)N2CCSCC2)CC(C)O1. The highest BCUT2D eigenvalue weighted by Crippen LogP contribution is 2.13. The van der Waals surface area contributed by atoms with Crippen LogP contribution in [-0.4, -0.2) is 72.1 Å². The van der Waals surface area contributed by atoms with E-state index in [1.54, 1.807) is 0 Å². The minimum Gasteiger partial charge on any atom is -0.373 e. The first-order valence-corrected chi connectivity index (χ1v) is 7.54. The van der Waals surface area contributed by atoms with Crippen molar-refractivity contribution in [3.8, 4) is 0 Å². The second kappa shape index (κ2) is 6.07. The molecule has 2 saturated heterocycles. The van der Waals surface area contributed by atoms with E-state index in [1.165, 1.54) is 0 Å². The molecule has 98 valence electrons. The molecule has 5 heteroatoms. The van der Waals surface area contributed by atoms with Gasteiger partial charge in [0.05, 0.1) is 18.8 Å². The molecule has 2 aliphatic heterocycles. The van der Waals surface area contributed by atoms with Gasteiger partial charge in [0, 0.05) is 37.7 Å². The summed E-state index contributed by atoms with van der Waals surface area (Å²) in [5.41, 5.74) is 0. The van der Waals surface area contributed by atoms with Crippen LogP contribution in [0.25, 0.3) is 0 Å². The zero-order valence-corrected chi connectivity index (χ0v) is 11.5. The molecule has 0 saturated carbocycles. The first-order valence-electron chi connectivity index (χ1n) is 6.38. The summed E-state index contributed by atoms with van der Waals surface area (Å²) in [7, 11) is 0. The van der Waals surface area contributed by atoms with Gasteiger partial charge in [-0.3, -0.25) is 9.69 Å². The van der Waals surface area contributed by atoms with Crippen LogP contribution in [0.3, 0.4) is 0 Å². The van der Waals surface area contributed by atoms with E-state index in [9.17, 15) is 4.79 Å². The number of carbonyl (C=O) groups is 1. The van der Waals surface area contributed by atoms with Crippen molar-refractivity contribution in [2.24, 2.45) is 0 Å². The molecule has 0 aromatic carbocycles. The average molecular weight is 258 g/mol. The fourth-order valence-electron chi connectivity index (χ4n) is 2.52. The number of hydrogen-bond donors (Lipinski definition) is 0. The number of carbonyl (C=O) groups excluding carboxylic acids is 1. The summed E-state index contributed by atoms with van der Waals surface area (Å²) < 4.78 is 5.67. The normalized spacial score (nSPS) is 31.5. The number of rotatable bonds is 2. The third-order valence-corrected chi connectivity index (χ3v) is 4.16. The van der Waals surface area contributed by atoms with Crippen molar-refractivity contribution in [3.63, 3.8) is 0 Å². The van der Waals surface area contributed by atoms with Crippen molar-refractivity contribution in [2.75, 3.05) is 44.2 Å². The monoisotopic (exact) mass is 258 g/mol. The van der Waals surface area contributed by atoms with E-state index in [4.69, 9.17) is 4.74 Å².